The number of piperazine rings is 1. The summed E-state index contributed by atoms with van der Waals surface area (Å²) < 4.78 is 15.2. The first kappa shape index (κ1) is 19.0. The Morgan fingerprint density at radius 2 is 2.26 bits per heavy atom. The maximum absolute atomic E-state index is 13.4. The molecular formula is C19H24FN5O2. The Bertz CT molecular complexity index is 807. The molecule has 1 aliphatic rings. The van der Waals surface area contributed by atoms with E-state index in [1.165, 1.54) is 12.1 Å². The molecule has 0 aliphatic carbocycles. The van der Waals surface area contributed by atoms with E-state index in [9.17, 15) is 14.0 Å². The molecule has 1 atom stereocenters. The van der Waals surface area contributed by atoms with Crippen LogP contribution in [0.15, 0.2) is 36.7 Å². The Kier molecular flexibility index (Phi) is 6.18. The Morgan fingerprint density at radius 1 is 1.41 bits per heavy atom. The fraction of sp³-hybridized carbons (Fsp3) is 0.421. The van der Waals surface area contributed by atoms with Crippen LogP contribution in [0.5, 0.6) is 0 Å². The number of aryl methyl sites for hydroxylation is 1. The van der Waals surface area contributed by atoms with Gasteiger partial charge in [0.2, 0.25) is 11.8 Å². The molecule has 1 aromatic carbocycles. The molecule has 1 aliphatic heterocycles. The highest BCUT2D eigenvalue weighted by Gasteiger charge is 2.31. The summed E-state index contributed by atoms with van der Waals surface area (Å²) in [4.78, 5) is 26.6. The van der Waals surface area contributed by atoms with Crippen molar-refractivity contribution < 1.29 is 14.0 Å². The van der Waals surface area contributed by atoms with Gasteiger partial charge in [0.15, 0.2) is 0 Å². The summed E-state index contributed by atoms with van der Waals surface area (Å²) in [5.41, 5.74) is 1.69. The van der Waals surface area contributed by atoms with Crippen LogP contribution in [0.2, 0.25) is 0 Å². The molecule has 8 heteroatoms. The van der Waals surface area contributed by atoms with Crippen molar-refractivity contribution in [1.29, 1.82) is 0 Å². The first-order chi connectivity index (χ1) is 13.0. The maximum atomic E-state index is 13.4. The number of aromatic nitrogens is 2. The fourth-order valence-electron chi connectivity index (χ4n) is 3.16. The first-order valence-electron chi connectivity index (χ1n) is 9.09. The summed E-state index contributed by atoms with van der Waals surface area (Å²) in [6, 6.07) is 5.73. The topological polar surface area (TPSA) is 79.3 Å². The smallest absolute Gasteiger partial charge is 0.237 e. The van der Waals surface area contributed by atoms with E-state index in [0.29, 0.717) is 26.2 Å². The number of amides is 2. The zero-order valence-electron chi connectivity index (χ0n) is 15.3. The van der Waals surface area contributed by atoms with Gasteiger partial charge in [0, 0.05) is 44.5 Å². The molecule has 1 fully saturated rings. The summed E-state index contributed by atoms with van der Waals surface area (Å²) in [5, 5.41) is 9.81. The van der Waals surface area contributed by atoms with E-state index in [1.807, 2.05) is 24.1 Å². The third kappa shape index (κ3) is 5.13. The average Bonchev–Trinajstić information content (AvgIpc) is 3.11. The minimum atomic E-state index is -0.569. The van der Waals surface area contributed by atoms with Crippen LogP contribution in [-0.2, 0) is 29.2 Å². The second-order valence-electron chi connectivity index (χ2n) is 6.59. The number of benzene rings is 1. The molecule has 1 saturated heterocycles. The van der Waals surface area contributed by atoms with Crippen LogP contribution in [0.1, 0.15) is 24.5 Å². The molecule has 0 radical (unpaired) electrons. The van der Waals surface area contributed by atoms with E-state index in [4.69, 9.17) is 0 Å². The summed E-state index contributed by atoms with van der Waals surface area (Å²) in [5.74, 6) is -0.687. The molecule has 27 heavy (non-hydrogen) atoms. The fourth-order valence-corrected chi connectivity index (χ4v) is 3.16. The number of nitrogens with zero attached hydrogens (tertiary/aromatic N) is 3. The van der Waals surface area contributed by atoms with Crippen LogP contribution in [0.25, 0.3) is 0 Å². The largest absolute Gasteiger partial charge is 0.353 e. The van der Waals surface area contributed by atoms with Crippen molar-refractivity contribution in [2.45, 2.75) is 39.0 Å². The molecule has 7 nitrogen and oxygen atoms in total. The number of carbonyl (C=O) groups excluding carboxylic acids is 2. The summed E-state index contributed by atoms with van der Waals surface area (Å²) in [6.07, 6.45) is 3.65. The standard InChI is InChI=1S/C19H24FN5O2/c1-2-25-13-15(11-23-25)10-22-18(26)9-17-19(27)21-6-7-24(17)12-14-4-3-5-16(20)8-14/h3-5,8,11,13,17H,2,6-7,9-10,12H2,1H3,(H,21,27)(H,22,26). The number of nitrogens with one attached hydrogen (secondary N) is 2. The van der Waals surface area contributed by atoms with Crippen molar-refractivity contribution >= 4 is 11.8 Å². The normalized spacial score (nSPS) is 17.6. The van der Waals surface area contributed by atoms with Crippen molar-refractivity contribution in [3.8, 4) is 0 Å². The van der Waals surface area contributed by atoms with Gasteiger partial charge in [-0.3, -0.25) is 19.2 Å². The first-order valence-corrected chi connectivity index (χ1v) is 9.09. The molecule has 144 valence electrons. The van der Waals surface area contributed by atoms with E-state index in [-0.39, 0.29) is 24.1 Å². The van der Waals surface area contributed by atoms with Gasteiger partial charge in [-0.2, -0.15) is 5.10 Å². The van der Waals surface area contributed by atoms with Gasteiger partial charge in [-0.05, 0) is 24.6 Å². The molecular weight excluding hydrogens is 349 g/mol. The van der Waals surface area contributed by atoms with Gasteiger partial charge in [-0.25, -0.2) is 4.39 Å². The predicted octanol–water partition coefficient (Wildman–Crippen LogP) is 1.05. The Balaban J connectivity index is 1.59. The molecule has 1 unspecified atom stereocenters. The molecule has 2 N–H and O–H groups in total. The molecule has 2 amide bonds. The molecule has 0 spiro atoms. The van der Waals surface area contributed by atoms with Gasteiger partial charge >= 0.3 is 0 Å². The lowest BCUT2D eigenvalue weighted by Gasteiger charge is -2.34. The van der Waals surface area contributed by atoms with Crippen LogP contribution in [0.3, 0.4) is 0 Å². The maximum Gasteiger partial charge on any atom is 0.237 e. The number of rotatable bonds is 7. The molecule has 2 aromatic rings. The highest BCUT2D eigenvalue weighted by Crippen LogP contribution is 2.15. The van der Waals surface area contributed by atoms with Gasteiger partial charge in [-0.15, -0.1) is 0 Å². The second-order valence-corrected chi connectivity index (χ2v) is 6.59. The Hall–Kier alpha value is -2.74. The lowest BCUT2D eigenvalue weighted by Crippen LogP contribution is -2.56. The number of hydrogen-bond acceptors (Lipinski definition) is 4. The Morgan fingerprint density at radius 3 is 3.00 bits per heavy atom. The number of halogens is 1. The zero-order chi connectivity index (χ0) is 19.2. The number of carbonyl (C=O) groups is 2. The van der Waals surface area contributed by atoms with Crippen LogP contribution < -0.4 is 10.6 Å². The summed E-state index contributed by atoms with van der Waals surface area (Å²) in [7, 11) is 0. The predicted molar refractivity (Wildman–Crippen MR) is 98.0 cm³/mol. The van der Waals surface area contributed by atoms with Gasteiger partial charge in [-0.1, -0.05) is 12.1 Å². The van der Waals surface area contributed by atoms with Crippen LogP contribution in [0, 0.1) is 5.82 Å². The monoisotopic (exact) mass is 373 g/mol. The van der Waals surface area contributed by atoms with Crippen LogP contribution in [0.4, 0.5) is 4.39 Å². The van der Waals surface area contributed by atoms with Crippen molar-refractivity contribution in [3.05, 3.63) is 53.6 Å². The van der Waals surface area contributed by atoms with E-state index < -0.39 is 6.04 Å². The van der Waals surface area contributed by atoms with Crippen LogP contribution >= 0.6 is 0 Å². The van der Waals surface area contributed by atoms with Gasteiger partial charge in [0.05, 0.1) is 18.7 Å². The minimum Gasteiger partial charge on any atom is -0.353 e. The van der Waals surface area contributed by atoms with Gasteiger partial charge in [0.1, 0.15) is 5.82 Å². The van der Waals surface area contributed by atoms with Gasteiger partial charge in [0.25, 0.3) is 0 Å². The SMILES string of the molecule is CCn1cc(CNC(=O)CC2C(=O)NCCN2Cc2cccc(F)c2)cn1. The number of hydrogen-bond donors (Lipinski definition) is 2. The quantitative estimate of drug-likeness (QED) is 0.760. The lowest BCUT2D eigenvalue weighted by atomic mass is 10.1. The van der Waals surface area contributed by atoms with E-state index >= 15 is 0 Å². The molecule has 1 aromatic heterocycles. The zero-order valence-corrected chi connectivity index (χ0v) is 15.3. The highest BCUT2D eigenvalue weighted by atomic mass is 19.1. The molecule has 0 bridgehead atoms. The third-order valence-electron chi connectivity index (χ3n) is 4.60. The van der Waals surface area contributed by atoms with Crippen molar-refractivity contribution in [1.82, 2.24) is 25.3 Å². The van der Waals surface area contributed by atoms with E-state index in [0.717, 1.165) is 17.7 Å². The van der Waals surface area contributed by atoms with Crippen molar-refractivity contribution in [2.75, 3.05) is 13.1 Å². The van der Waals surface area contributed by atoms with Crippen molar-refractivity contribution in [2.24, 2.45) is 0 Å². The Labute approximate surface area is 157 Å². The molecule has 0 saturated carbocycles. The molecule has 3 rings (SSSR count). The minimum absolute atomic E-state index is 0.0586. The third-order valence-corrected chi connectivity index (χ3v) is 4.60. The summed E-state index contributed by atoms with van der Waals surface area (Å²) in [6.45, 7) is 4.69. The van der Waals surface area contributed by atoms with E-state index in [1.54, 1.807) is 16.9 Å². The lowest BCUT2D eigenvalue weighted by molar-refractivity contribution is -0.134. The van der Waals surface area contributed by atoms with Gasteiger partial charge < -0.3 is 10.6 Å². The average molecular weight is 373 g/mol. The molecule has 2 heterocycles. The highest BCUT2D eigenvalue weighted by molar-refractivity contribution is 5.88. The van der Waals surface area contributed by atoms with Crippen LogP contribution in [-0.4, -0.2) is 45.6 Å². The second kappa shape index (κ2) is 8.77. The van der Waals surface area contributed by atoms with Crippen molar-refractivity contribution in [3.63, 3.8) is 0 Å². The van der Waals surface area contributed by atoms with E-state index in [2.05, 4.69) is 15.7 Å². The summed E-state index contributed by atoms with van der Waals surface area (Å²) >= 11 is 0.